The molecule has 7 nitrogen and oxygen atoms in total. The normalized spacial score (nSPS) is 8.25. The predicted molar refractivity (Wildman–Crippen MR) is 46.5 cm³/mol. The summed E-state index contributed by atoms with van der Waals surface area (Å²) in [7, 11) is 0. The first kappa shape index (κ1) is 10.8. The van der Waals surface area contributed by atoms with Crippen molar-refractivity contribution in [1.82, 2.24) is 4.57 Å². The molecule has 0 radical (unpaired) electrons. The van der Waals surface area contributed by atoms with Crippen molar-refractivity contribution in [3.05, 3.63) is 22.5 Å². The van der Waals surface area contributed by atoms with E-state index < -0.39 is 28.5 Å². The first-order chi connectivity index (χ1) is 7.62. The molecule has 1 aromatic heterocycles. The predicted octanol–water partition coefficient (Wildman–Crippen LogP) is 0.131. The minimum Gasteiger partial charge on any atom is -0.476 e. The second-order valence-electron chi connectivity index (χ2n) is 2.52. The fourth-order valence-electron chi connectivity index (χ4n) is 1.20. The van der Waals surface area contributed by atoms with Crippen molar-refractivity contribution >= 4 is 5.97 Å². The van der Waals surface area contributed by atoms with Crippen molar-refractivity contribution in [3.8, 4) is 24.4 Å². The zero-order valence-electron chi connectivity index (χ0n) is 7.59. The lowest BCUT2D eigenvalue weighted by atomic mass is 10.1. The number of hydrogen-bond acceptors (Lipinski definition) is 5. The fraction of sp³-hybridized carbons (Fsp3) is 0. The van der Waals surface area contributed by atoms with Gasteiger partial charge in [0, 0.05) is 0 Å². The van der Waals surface area contributed by atoms with Gasteiger partial charge in [-0.25, -0.2) is 9.36 Å². The highest BCUT2D eigenvalue weighted by Gasteiger charge is 2.27. The molecule has 1 aromatic rings. The Morgan fingerprint density at radius 3 is 1.94 bits per heavy atom. The van der Waals surface area contributed by atoms with Gasteiger partial charge in [0.1, 0.15) is 29.3 Å². The van der Waals surface area contributed by atoms with Crippen LogP contribution in [0.3, 0.4) is 0 Å². The molecule has 16 heavy (non-hydrogen) atoms. The van der Waals surface area contributed by atoms with E-state index in [0.717, 1.165) is 0 Å². The van der Waals surface area contributed by atoms with Crippen LogP contribution >= 0.6 is 0 Å². The van der Waals surface area contributed by atoms with Gasteiger partial charge < -0.3 is 5.11 Å². The van der Waals surface area contributed by atoms with E-state index in [2.05, 4.69) is 0 Å². The molecule has 0 saturated carbocycles. The van der Waals surface area contributed by atoms with Crippen LogP contribution in [-0.4, -0.2) is 15.6 Å². The molecular formula is C9HN5O2. The summed E-state index contributed by atoms with van der Waals surface area (Å²) in [5.74, 6) is -1.55. The summed E-state index contributed by atoms with van der Waals surface area (Å²) in [5.41, 5.74) is -1.99. The lowest BCUT2D eigenvalue weighted by Crippen LogP contribution is -2.07. The monoisotopic (exact) mass is 211 g/mol. The second kappa shape index (κ2) is 3.84. The summed E-state index contributed by atoms with van der Waals surface area (Å²) in [5, 5.41) is 43.6. The molecule has 0 unspecified atom stereocenters. The molecule has 0 aliphatic rings. The average molecular weight is 211 g/mol. The van der Waals surface area contributed by atoms with Crippen LogP contribution < -0.4 is 0 Å². The number of carbonyl (C=O) groups is 1. The molecule has 0 bridgehead atoms. The van der Waals surface area contributed by atoms with Gasteiger partial charge >= 0.3 is 5.97 Å². The molecule has 0 aliphatic heterocycles. The van der Waals surface area contributed by atoms with Crippen LogP contribution in [0.15, 0.2) is 0 Å². The van der Waals surface area contributed by atoms with Crippen molar-refractivity contribution in [2.75, 3.05) is 0 Å². The zero-order valence-corrected chi connectivity index (χ0v) is 7.59. The van der Waals surface area contributed by atoms with Gasteiger partial charge in [-0.2, -0.15) is 21.0 Å². The number of carboxylic acids is 1. The molecule has 74 valence electrons. The fourth-order valence-corrected chi connectivity index (χ4v) is 1.20. The second-order valence-corrected chi connectivity index (χ2v) is 2.52. The Morgan fingerprint density at radius 1 is 1.06 bits per heavy atom. The summed E-state index contributed by atoms with van der Waals surface area (Å²) >= 11 is 0. The van der Waals surface area contributed by atoms with Gasteiger partial charge in [-0.3, -0.25) is 0 Å². The highest BCUT2D eigenvalue weighted by molar-refractivity contribution is 5.91. The van der Waals surface area contributed by atoms with E-state index in [1.54, 1.807) is 0 Å². The Morgan fingerprint density at radius 2 is 1.62 bits per heavy atom. The molecule has 0 fully saturated rings. The number of aromatic nitrogens is 1. The Labute approximate surface area is 89.2 Å². The summed E-state index contributed by atoms with van der Waals surface area (Å²) in [6, 6.07) is 4.55. The molecule has 0 aromatic carbocycles. The third-order valence-electron chi connectivity index (χ3n) is 1.80. The number of rotatable bonds is 1. The van der Waals surface area contributed by atoms with Crippen LogP contribution in [0.1, 0.15) is 27.3 Å². The molecule has 0 saturated heterocycles. The van der Waals surface area contributed by atoms with Crippen LogP contribution in [0.5, 0.6) is 0 Å². The zero-order chi connectivity index (χ0) is 12.3. The molecule has 1 N–H and O–H groups in total. The summed E-state index contributed by atoms with van der Waals surface area (Å²) in [6.07, 6.45) is 1.44. The smallest absolute Gasteiger partial charge is 0.355 e. The van der Waals surface area contributed by atoms with Gasteiger partial charge in [-0.05, 0) is 0 Å². The SMILES string of the molecule is N#Cc1c(C#N)c(C(=O)O)n(C#N)c1C#N. The van der Waals surface area contributed by atoms with Crippen molar-refractivity contribution in [2.24, 2.45) is 0 Å². The number of carboxylic acid groups (broad SMARTS) is 1. The molecule has 1 heterocycles. The molecular weight excluding hydrogens is 210 g/mol. The van der Waals surface area contributed by atoms with Crippen LogP contribution in [0.2, 0.25) is 0 Å². The van der Waals surface area contributed by atoms with Crippen molar-refractivity contribution in [3.63, 3.8) is 0 Å². The van der Waals surface area contributed by atoms with Crippen molar-refractivity contribution in [1.29, 1.82) is 21.0 Å². The average Bonchev–Trinajstić information content (AvgIpc) is 2.60. The Kier molecular flexibility index (Phi) is 2.59. The van der Waals surface area contributed by atoms with E-state index in [-0.39, 0.29) is 0 Å². The van der Waals surface area contributed by atoms with Gasteiger partial charge in [0.25, 0.3) is 0 Å². The number of hydrogen-bond donors (Lipinski definition) is 1. The first-order valence-corrected chi connectivity index (χ1v) is 3.74. The lowest BCUT2D eigenvalue weighted by Gasteiger charge is -1.93. The van der Waals surface area contributed by atoms with E-state index in [4.69, 9.17) is 26.2 Å². The molecule has 0 amide bonds. The van der Waals surface area contributed by atoms with Crippen LogP contribution in [0, 0.1) is 45.4 Å². The summed E-state index contributed by atoms with van der Waals surface area (Å²) < 4.78 is 0.458. The van der Waals surface area contributed by atoms with Gasteiger partial charge in [-0.15, -0.1) is 0 Å². The number of nitriles is 4. The highest BCUT2D eigenvalue weighted by atomic mass is 16.4. The van der Waals surface area contributed by atoms with E-state index in [9.17, 15) is 4.79 Å². The molecule has 0 spiro atoms. The first-order valence-electron chi connectivity index (χ1n) is 3.74. The lowest BCUT2D eigenvalue weighted by molar-refractivity contribution is 0.0688. The third kappa shape index (κ3) is 1.23. The minimum atomic E-state index is -1.55. The number of aromatic carboxylic acids is 1. The largest absolute Gasteiger partial charge is 0.476 e. The molecule has 0 aliphatic carbocycles. The van der Waals surface area contributed by atoms with Gasteiger partial charge in [-0.1, -0.05) is 0 Å². The maximum absolute atomic E-state index is 10.8. The number of nitrogens with zero attached hydrogens (tertiary/aromatic N) is 5. The minimum absolute atomic E-state index is 0.399. The van der Waals surface area contributed by atoms with Crippen molar-refractivity contribution in [2.45, 2.75) is 0 Å². The molecule has 0 atom stereocenters. The third-order valence-corrected chi connectivity index (χ3v) is 1.80. The van der Waals surface area contributed by atoms with Crippen LogP contribution in [0.4, 0.5) is 0 Å². The van der Waals surface area contributed by atoms with E-state index >= 15 is 0 Å². The standard InChI is InChI=1S/C9HN5O2/c10-1-5-6(2-11)8(9(15)16)14(4-13)7(5)3-12/h(H,15,16). The summed E-state index contributed by atoms with van der Waals surface area (Å²) in [4.78, 5) is 10.8. The Balaban J connectivity index is 3.93. The maximum atomic E-state index is 10.8. The topological polar surface area (TPSA) is 137 Å². The Hall–Kier alpha value is -3.29. The highest BCUT2D eigenvalue weighted by Crippen LogP contribution is 2.20. The van der Waals surface area contributed by atoms with Crippen LogP contribution in [-0.2, 0) is 0 Å². The van der Waals surface area contributed by atoms with E-state index in [0.29, 0.717) is 4.57 Å². The van der Waals surface area contributed by atoms with Crippen molar-refractivity contribution < 1.29 is 9.90 Å². The van der Waals surface area contributed by atoms with Gasteiger partial charge in [0.05, 0.1) is 0 Å². The quantitative estimate of drug-likeness (QED) is 0.700. The molecule has 1 rings (SSSR count). The molecule has 7 heteroatoms. The van der Waals surface area contributed by atoms with Crippen LogP contribution in [0.25, 0.3) is 0 Å². The van der Waals surface area contributed by atoms with E-state index in [1.807, 2.05) is 0 Å². The van der Waals surface area contributed by atoms with E-state index in [1.165, 1.54) is 24.4 Å². The Bertz CT molecular complexity index is 592. The van der Waals surface area contributed by atoms with Gasteiger partial charge in [0.2, 0.25) is 0 Å². The van der Waals surface area contributed by atoms with Gasteiger partial charge in [0.15, 0.2) is 17.6 Å². The maximum Gasteiger partial charge on any atom is 0.355 e. The summed E-state index contributed by atoms with van der Waals surface area (Å²) in [6.45, 7) is 0.